The van der Waals surface area contributed by atoms with E-state index in [4.69, 9.17) is 4.74 Å². The Morgan fingerprint density at radius 2 is 1.84 bits per heavy atom. The lowest BCUT2D eigenvalue weighted by atomic mass is 9.82. The van der Waals surface area contributed by atoms with Crippen molar-refractivity contribution in [2.24, 2.45) is 0 Å². The van der Waals surface area contributed by atoms with Crippen molar-refractivity contribution < 1.29 is 9.53 Å². The van der Waals surface area contributed by atoms with Crippen molar-refractivity contribution >= 4 is 5.97 Å². The second-order valence-corrected chi connectivity index (χ2v) is 6.44. The van der Waals surface area contributed by atoms with Crippen molar-refractivity contribution in [3.63, 3.8) is 0 Å². The van der Waals surface area contributed by atoms with E-state index >= 15 is 0 Å². The van der Waals surface area contributed by atoms with Crippen molar-refractivity contribution in [2.45, 2.75) is 66.2 Å². The molecule has 1 rings (SSSR count). The Morgan fingerprint density at radius 1 is 1.26 bits per heavy atom. The topological polar surface area (TPSA) is 26.3 Å². The molecule has 0 aliphatic carbocycles. The fourth-order valence-corrected chi connectivity index (χ4v) is 2.19. The minimum Gasteiger partial charge on any atom is -0.426 e. The van der Waals surface area contributed by atoms with Crippen molar-refractivity contribution in [3.05, 3.63) is 28.8 Å². The second-order valence-electron chi connectivity index (χ2n) is 6.44. The van der Waals surface area contributed by atoms with E-state index in [1.807, 2.05) is 13.0 Å². The quantitative estimate of drug-likeness (QED) is 0.581. The number of ether oxygens (including phenoxy) is 1. The second kappa shape index (κ2) is 5.77. The number of hydrogen-bond acceptors (Lipinski definition) is 2. The molecule has 0 aliphatic rings. The summed E-state index contributed by atoms with van der Waals surface area (Å²) in [7, 11) is 0. The van der Waals surface area contributed by atoms with Crippen LogP contribution in [0.15, 0.2) is 12.1 Å². The summed E-state index contributed by atoms with van der Waals surface area (Å²) >= 11 is 0. The van der Waals surface area contributed by atoms with Gasteiger partial charge in [-0.25, -0.2) is 0 Å². The van der Waals surface area contributed by atoms with Gasteiger partial charge in [-0.15, -0.1) is 0 Å². The zero-order chi connectivity index (χ0) is 14.8. The highest BCUT2D eigenvalue weighted by Crippen LogP contribution is 2.36. The molecule has 0 heterocycles. The van der Waals surface area contributed by atoms with E-state index in [2.05, 4.69) is 47.6 Å². The molecule has 1 aromatic rings. The molecular formula is C17H26O2. The van der Waals surface area contributed by atoms with Crippen molar-refractivity contribution in [1.29, 1.82) is 0 Å². The Kier molecular flexibility index (Phi) is 4.78. The summed E-state index contributed by atoms with van der Waals surface area (Å²) < 4.78 is 5.50. The highest BCUT2D eigenvalue weighted by Gasteiger charge is 2.22. The molecule has 0 N–H and O–H groups in total. The lowest BCUT2D eigenvalue weighted by Gasteiger charge is -2.25. The smallest absolute Gasteiger partial charge is 0.310 e. The fraction of sp³-hybridized carbons (Fsp3) is 0.588. The van der Waals surface area contributed by atoms with Gasteiger partial charge < -0.3 is 4.74 Å². The van der Waals surface area contributed by atoms with Gasteiger partial charge in [-0.2, -0.15) is 0 Å². The monoisotopic (exact) mass is 262 g/mol. The van der Waals surface area contributed by atoms with Crippen molar-refractivity contribution in [1.82, 2.24) is 0 Å². The molecular weight excluding hydrogens is 236 g/mol. The molecule has 2 nitrogen and oxygen atoms in total. The lowest BCUT2D eigenvalue weighted by molar-refractivity contribution is -0.134. The van der Waals surface area contributed by atoms with Crippen LogP contribution in [-0.2, 0) is 10.2 Å². The summed E-state index contributed by atoms with van der Waals surface area (Å²) in [6, 6.07) is 4.20. The SMILES string of the molecule is CCC(=O)Oc1cc(C)c(C(C)C)cc1C(C)(C)C. The van der Waals surface area contributed by atoms with E-state index in [9.17, 15) is 4.79 Å². The third-order valence-corrected chi connectivity index (χ3v) is 3.31. The lowest BCUT2D eigenvalue weighted by Crippen LogP contribution is -2.17. The summed E-state index contributed by atoms with van der Waals surface area (Å²) in [5.74, 6) is 1.00. The van der Waals surface area contributed by atoms with Crippen LogP contribution >= 0.6 is 0 Å². The van der Waals surface area contributed by atoms with Crippen LogP contribution in [0.25, 0.3) is 0 Å². The molecule has 0 saturated heterocycles. The zero-order valence-electron chi connectivity index (χ0n) is 13.3. The summed E-state index contributed by atoms with van der Waals surface area (Å²) in [5.41, 5.74) is 3.56. The number of hydrogen-bond donors (Lipinski definition) is 0. The van der Waals surface area contributed by atoms with Crippen LogP contribution in [-0.4, -0.2) is 5.97 Å². The van der Waals surface area contributed by atoms with Crippen LogP contribution in [0.1, 0.15) is 70.6 Å². The van der Waals surface area contributed by atoms with Crippen LogP contribution in [0.5, 0.6) is 5.75 Å². The van der Waals surface area contributed by atoms with E-state index in [0.29, 0.717) is 18.1 Å². The molecule has 0 saturated carbocycles. The Balaban J connectivity index is 3.37. The van der Waals surface area contributed by atoms with Gasteiger partial charge >= 0.3 is 5.97 Å². The van der Waals surface area contributed by atoms with Gasteiger partial charge in [0.1, 0.15) is 5.75 Å². The van der Waals surface area contributed by atoms with Gasteiger partial charge in [0.25, 0.3) is 0 Å². The van der Waals surface area contributed by atoms with Gasteiger partial charge in [0.2, 0.25) is 0 Å². The third-order valence-electron chi connectivity index (χ3n) is 3.31. The summed E-state index contributed by atoms with van der Waals surface area (Å²) in [6.07, 6.45) is 0.397. The third kappa shape index (κ3) is 3.82. The number of carbonyl (C=O) groups excluding carboxylic acids is 1. The number of carbonyl (C=O) groups is 1. The summed E-state index contributed by atoms with van der Waals surface area (Å²) in [4.78, 5) is 11.6. The van der Waals surface area contributed by atoms with E-state index < -0.39 is 0 Å². The Labute approximate surface area is 117 Å². The molecule has 0 aliphatic heterocycles. The van der Waals surface area contributed by atoms with E-state index in [0.717, 1.165) is 5.56 Å². The van der Waals surface area contributed by atoms with Crippen LogP contribution in [0.4, 0.5) is 0 Å². The minimum atomic E-state index is -0.179. The molecule has 0 amide bonds. The largest absolute Gasteiger partial charge is 0.426 e. The first-order valence-corrected chi connectivity index (χ1v) is 7.02. The van der Waals surface area contributed by atoms with Gasteiger partial charge in [0.05, 0.1) is 0 Å². The van der Waals surface area contributed by atoms with Gasteiger partial charge in [-0.1, -0.05) is 47.6 Å². The minimum absolute atomic E-state index is 0.0410. The Bertz CT molecular complexity index is 465. The van der Waals surface area contributed by atoms with Crippen molar-refractivity contribution in [2.75, 3.05) is 0 Å². The predicted octanol–water partition coefficient (Wildman–Crippen LogP) is 4.73. The van der Waals surface area contributed by atoms with E-state index in [1.54, 1.807) is 0 Å². The normalized spacial score (nSPS) is 11.8. The van der Waals surface area contributed by atoms with Crippen molar-refractivity contribution in [3.8, 4) is 5.75 Å². The first kappa shape index (κ1) is 15.7. The number of esters is 1. The molecule has 0 bridgehead atoms. The Morgan fingerprint density at radius 3 is 2.26 bits per heavy atom. The molecule has 106 valence electrons. The van der Waals surface area contributed by atoms with Crippen LogP contribution < -0.4 is 4.74 Å². The van der Waals surface area contributed by atoms with Crippen LogP contribution in [0.3, 0.4) is 0 Å². The number of rotatable bonds is 3. The van der Waals surface area contributed by atoms with Crippen LogP contribution in [0.2, 0.25) is 0 Å². The van der Waals surface area contributed by atoms with E-state index in [1.165, 1.54) is 11.1 Å². The average molecular weight is 262 g/mol. The molecule has 0 unspecified atom stereocenters. The first-order valence-electron chi connectivity index (χ1n) is 7.02. The first-order chi connectivity index (χ1) is 8.66. The molecule has 0 radical (unpaired) electrons. The maximum absolute atomic E-state index is 11.6. The number of aryl methyl sites for hydroxylation is 1. The predicted molar refractivity (Wildman–Crippen MR) is 79.9 cm³/mol. The molecule has 0 fully saturated rings. The highest BCUT2D eigenvalue weighted by atomic mass is 16.5. The average Bonchev–Trinajstić information content (AvgIpc) is 2.26. The highest BCUT2D eigenvalue weighted by molar-refractivity contribution is 5.72. The van der Waals surface area contributed by atoms with Gasteiger partial charge in [-0.05, 0) is 35.4 Å². The summed E-state index contributed by atoms with van der Waals surface area (Å²) in [6.45, 7) is 14.7. The number of benzene rings is 1. The molecule has 1 aromatic carbocycles. The van der Waals surface area contributed by atoms with Crippen LogP contribution in [0, 0.1) is 6.92 Å². The van der Waals surface area contributed by atoms with Gasteiger partial charge in [-0.3, -0.25) is 4.79 Å². The maximum Gasteiger partial charge on any atom is 0.310 e. The molecule has 0 atom stereocenters. The van der Waals surface area contributed by atoms with E-state index in [-0.39, 0.29) is 11.4 Å². The maximum atomic E-state index is 11.6. The van der Waals surface area contributed by atoms with Gasteiger partial charge in [0, 0.05) is 12.0 Å². The molecule has 19 heavy (non-hydrogen) atoms. The molecule has 0 spiro atoms. The zero-order valence-corrected chi connectivity index (χ0v) is 13.3. The standard InChI is InChI=1S/C17H26O2/c1-8-16(18)19-15-9-12(4)13(11(2)3)10-14(15)17(5,6)7/h9-11H,8H2,1-7H3. The Hall–Kier alpha value is -1.31. The summed E-state index contributed by atoms with van der Waals surface area (Å²) in [5, 5.41) is 0. The molecule has 2 heteroatoms. The van der Waals surface area contributed by atoms with Gasteiger partial charge in [0.15, 0.2) is 0 Å². The molecule has 0 aromatic heterocycles. The fourth-order valence-electron chi connectivity index (χ4n) is 2.19.